The van der Waals surface area contributed by atoms with Crippen LogP contribution < -0.4 is 5.34 Å². The molecule has 0 aliphatic carbocycles. The molecular formula is C5H6BN2O. The van der Waals surface area contributed by atoms with Gasteiger partial charge in [-0.05, 0) is 12.1 Å². The lowest BCUT2D eigenvalue weighted by Gasteiger charge is -1.99. The molecule has 45 valence electrons. The van der Waals surface area contributed by atoms with Crippen molar-refractivity contribution in [2.75, 3.05) is 5.34 Å². The van der Waals surface area contributed by atoms with Crippen LogP contribution in [0.2, 0.25) is 0 Å². The van der Waals surface area contributed by atoms with Gasteiger partial charge in [-0.15, -0.1) is 0 Å². The van der Waals surface area contributed by atoms with Gasteiger partial charge in [0, 0.05) is 12.4 Å². The number of hydrogen-bond donors (Lipinski definition) is 1. The quantitative estimate of drug-likeness (QED) is 0.445. The van der Waals surface area contributed by atoms with Crippen LogP contribution >= 0.6 is 0 Å². The third-order valence-electron chi connectivity index (χ3n) is 0.896. The minimum absolute atomic E-state index is 0.694. The Labute approximate surface area is 53.9 Å². The van der Waals surface area contributed by atoms with E-state index in [1.807, 2.05) is 12.1 Å². The summed E-state index contributed by atoms with van der Waals surface area (Å²) in [5.41, 5.74) is 0. The first kappa shape index (κ1) is 5.94. The van der Waals surface area contributed by atoms with Gasteiger partial charge >= 0.3 is 7.41 Å². The molecule has 0 saturated heterocycles. The number of carbonyl (C=O) groups is 1. The molecule has 1 N–H and O–H groups in total. The number of aromatic nitrogens is 1. The fourth-order valence-corrected chi connectivity index (χ4v) is 0.537. The van der Waals surface area contributed by atoms with Gasteiger partial charge in [0.15, 0.2) is 0 Å². The molecule has 3 nitrogen and oxygen atoms in total. The Kier molecular flexibility index (Phi) is 1.96. The summed E-state index contributed by atoms with van der Waals surface area (Å²) < 4.78 is 1.68. The lowest BCUT2D eigenvalue weighted by Crippen LogP contribution is -2.17. The van der Waals surface area contributed by atoms with Gasteiger partial charge in [-0.25, -0.2) is 0 Å². The average molecular weight is 121 g/mol. The Balaban J connectivity index is 2.38. The molecule has 1 aromatic rings. The summed E-state index contributed by atoms with van der Waals surface area (Å²) in [6.45, 7) is 0. The molecule has 0 aliphatic rings. The Hall–Kier alpha value is -1.19. The van der Waals surface area contributed by atoms with Gasteiger partial charge in [-0.3, -0.25) is 4.68 Å². The molecule has 0 atom stereocenters. The molecule has 1 aromatic heterocycles. The van der Waals surface area contributed by atoms with E-state index in [1.165, 1.54) is 7.41 Å². The van der Waals surface area contributed by atoms with Crippen LogP contribution in [0.4, 0.5) is 0 Å². The molecule has 0 aliphatic heterocycles. The lowest BCUT2D eigenvalue weighted by molar-refractivity contribution is 0.568. The first-order valence-electron chi connectivity index (χ1n) is 2.60. The first-order valence-corrected chi connectivity index (χ1v) is 2.60. The maximum Gasteiger partial charge on any atom is 0.344 e. The van der Waals surface area contributed by atoms with E-state index in [2.05, 4.69) is 5.34 Å². The average Bonchev–Trinajstić information content (AvgIpc) is 2.34. The summed E-state index contributed by atoms with van der Waals surface area (Å²) in [7, 11) is 1.32. The Morgan fingerprint density at radius 1 is 1.44 bits per heavy atom. The van der Waals surface area contributed by atoms with E-state index >= 15 is 0 Å². The van der Waals surface area contributed by atoms with Gasteiger partial charge < -0.3 is 10.1 Å². The SMILES string of the molecule is O=C[B]Nn1cccc1. The van der Waals surface area contributed by atoms with Crippen LogP contribution in [-0.2, 0) is 4.79 Å². The van der Waals surface area contributed by atoms with Crippen molar-refractivity contribution in [2.24, 2.45) is 0 Å². The summed E-state index contributed by atoms with van der Waals surface area (Å²) in [4.78, 5) is 9.77. The van der Waals surface area contributed by atoms with E-state index in [0.717, 1.165) is 0 Å². The summed E-state index contributed by atoms with van der Waals surface area (Å²) >= 11 is 0. The largest absolute Gasteiger partial charge is 0.365 e. The van der Waals surface area contributed by atoms with Crippen LogP contribution in [0, 0.1) is 0 Å². The van der Waals surface area contributed by atoms with E-state index in [4.69, 9.17) is 0 Å². The van der Waals surface area contributed by atoms with Gasteiger partial charge in [-0.2, -0.15) is 0 Å². The van der Waals surface area contributed by atoms with Crippen LogP contribution in [0.5, 0.6) is 0 Å². The summed E-state index contributed by atoms with van der Waals surface area (Å²) in [5, 5.41) is 2.70. The minimum Gasteiger partial charge on any atom is -0.365 e. The van der Waals surface area contributed by atoms with E-state index in [0.29, 0.717) is 6.19 Å². The standard InChI is InChI=1S/C5H6BN2O/c9-5-6-7-8-3-1-2-4-8/h1-5,7H. The van der Waals surface area contributed by atoms with Crippen molar-refractivity contribution in [1.82, 2.24) is 4.68 Å². The third kappa shape index (κ3) is 1.64. The lowest BCUT2D eigenvalue weighted by atomic mass is 10.0. The number of rotatable bonds is 3. The second-order valence-electron chi connectivity index (χ2n) is 1.52. The predicted octanol–water partition coefficient (Wildman–Crippen LogP) is -0.159. The highest BCUT2D eigenvalue weighted by Gasteiger charge is 1.84. The zero-order chi connectivity index (χ0) is 6.53. The van der Waals surface area contributed by atoms with Crippen molar-refractivity contribution < 1.29 is 4.79 Å². The highest BCUT2D eigenvalue weighted by Crippen LogP contribution is 1.82. The Bertz CT molecular complexity index is 173. The summed E-state index contributed by atoms with van der Waals surface area (Å²) in [6.07, 6.45) is 4.31. The van der Waals surface area contributed by atoms with Crippen LogP contribution in [0.25, 0.3) is 0 Å². The molecule has 0 amide bonds. The van der Waals surface area contributed by atoms with Crippen molar-refractivity contribution in [3.63, 3.8) is 0 Å². The fraction of sp³-hybridized carbons (Fsp3) is 0. The molecule has 1 heterocycles. The van der Waals surface area contributed by atoms with Gasteiger partial charge in [0.1, 0.15) is 6.19 Å². The molecule has 0 aromatic carbocycles. The van der Waals surface area contributed by atoms with E-state index in [-0.39, 0.29) is 0 Å². The monoisotopic (exact) mass is 121 g/mol. The topological polar surface area (TPSA) is 34.0 Å². The van der Waals surface area contributed by atoms with Crippen molar-refractivity contribution in [2.45, 2.75) is 0 Å². The Morgan fingerprint density at radius 2 is 2.11 bits per heavy atom. The third-order valence-corrected chi connectivity index (χ3v) is 0.896. The van der Waals surface area contributed by atoms with Gasteiger partial charge in [0.05, 0.1) is 0 Å². The number of nitrogens with one attached hydrogen (secondary N) is 1. The number of carbonyl (C=O) groups excluding carboxylic acids is 1. The highest BCUT2D eigenvalue weighted by atomic mass is 16.1. The molecule has 1 radical (unpaired) electrons. The normalized spacial score (nSPS) is 8.44. The molecule has 0 fully saturated rings. The molecule has 1 rings (SSSR count). The molecule has 0 spiro atoms. The van der Waals surface area contributed by atoms with E-state index < -0.39 is 0 Å². The maximum atomic E-state index is 9.77. The molecule has 9 heavy (non-hydrogen) atoms. The summed E-state index contributed by atoms with van der Waals surface area (Å²) in [5.74, 6) is 0. The number of nitrogens with zero attached hydrogens (tertiary/aromatic N) is 1. The maximum absolute atomic E-state index is 9.77. The molecule has 0 unspecified atom stereocenters. The molecule has 4 heteroatoms. The minimum atomic E-state index is 0.694. The zero-order valence-electron chi connectivity index (χ0n) is 4.82. The van der Waals surface area contributed by atoms with Crippen LogP contribution in [0.3, 0.4) is 0 Å². The smallest absolute Gasteiger partial charge is 0.344 e. The van der Waals surface area contributed by atoms with Crippen molar-refractivity contribution in [3.05, 3.63) is 24.5 Å². The van der Waals surface area contributed by atoms with Crippen molar-refractivity contribution in [3.8, 4) is 0 Å². The van der Waals surface area contributed by atoms with Crippen LogP contribution in [0.1, 0.15) is 0 Å². The highest BCUT2D eigenvalue weighted by molar-refractivity contribution is 6.68. The van der Waals surface area contributed by atoms with E-state index in [1.54, 1.807) is 17.1 Å². The molecule has 0 bridgehead atoms. The summed E-state index contributed by atoms with van der Waals surface area (Å²) in [6, 6.07) is 3.73. The Morgan fingerprint density at radius 3 is 2.67 bits per heavy atom. The second kappa shape index (κ2) is 2.97. The molecular weight excluding hydrogens is 115 g/mol. The van der Waals surface area contributed by atoms with Gasteiger partial charge in [0.2, 0.25) is 0 Å². The van der Waals surface area contributed by atoms with Gasteiger partial charge in [0.25, 0.3) is 0 Å². The number of hydrogen-bond acceptors (Lipinski definition) is 2. The van der Waals surface area contributed by atoms with Crippen molar-refractivity contribution in [1.29, 1.82) is 0 Å². The fourth-order valence-electron chi connectivity index (χ4n) is 0.537. The van der Waals surface area contributed by atoms with E-state index in [9.17, 15) is 4.79 Å². The first-order chi connectivity index (χ1) is 4.43. The molecule has 0 saturated carbocycles. The van der Waals surface area contributed by atoms with Crippen LogP contribution in [0.15, 0.2) is 24.5 Å². The van der Waals surface area contributed by atoms with Crippen LogP contribution in [-0.4, -0.2) is 18.3 Å². The predicted molar refractivity (Wildman–Crippen MR) is 36.3 cm³/mol. The zero-order valence-corrected chi connectivity index (χ0v) is 4.82. The second-order valence-corrected chi connectivity index (χ2v) is 1.52. The van der Waals surface area contributed by atoms with Gasteiger partial charge in [-0.1, -0.05) is 0 Å². The van der Waals surface area contributed by atoms with Crippen molar-refractivity contribution >= 4 is 13.6 Å².